The van der Waals surface area contributed by atoms with Gasteiger partial charge in [0.15, 0.2) is 13.4 Å². The summed E-state index contributed by atoms with van der Waals surface area (Å²) >= 11 is 3.68. The van der Waals surface area contributed by atoms with Gasteiger partial charge in [-0.15, -0.1) is 12.6 Å². The maximum absolute atomic E-state index is 10.4. The van der Waals surface area contributed by atoms with E-state index >= 15 is 0 Å². The fourth-order valence-electron chi connectivity index (χ4n) is 0.510. The number of carbonyl (C=O) groups excluding carboxylic acids is 1. The van der Waals surface area contributed by atoms with Crippen molar-refractivity contribution in [2.45, 2.75) is 25.6 Å². The summed E-state index contributed by atoms with van der Waals surface area (Å²) in [4.78, 5) is 10.4. The van der Waals surface area contributed by atoms with E-state index in [1.54, 1.807) is 7.11 Å². The molecular formula is C6H14O2SSi. The molecule has 0 heterocycles. The van der Waals surface area contributed by atoms with Gasteiger partial charge in [0.2, 0.25) is 0 Å². The van der Waals surface area contributed by atoms with Gasteiger partial charge in [0, 0.05) is 13.5 Å². The molecule has 0 aromatic carbocycles. The van der Waals surface area contributed by atoms with E-state index in [4.69, 9.17) is 4.43 Å². The summed E-state index contributed by atoms with van der Waals surface area (Å²) in [6.45, 7) is 4.17. The minimum Gasteiger partial charge on any atom is -0.420 e. The molecule has 0 atom stereocenters. The standard InChI is InChI=1S/C6H14O2SSi/c1-8-10(2,3)5-4-6(7)9/h4-5H2,1-3H3,(H,7,9). The van der Waals surface area contributed by atoms with Crippen LogP contribution in [0.15, 0.2) is 0 Å². The van der Waals surface area contributed by atoms with Gasteiger partial charge >= 0.3 is 0 Å². The number of hydrogen-bond acceptors (Lipinski definition) is 2. The Morgan fingerprint density at radius 3 is 2.40 bits per heavy atom. The third-order valence-electron chi connectivity index (χ3n) is 1.49. The Morgan fingerprint density at radius 2 is 2.10 bits per heavy atom. The van der Waals surface area contributed by atoms with Gasteiger partial charge in [-0.3, -0.25) is 4.79 Å². The van der Waals surface area contributed by atoms with Gasteiger partial charge < -0.3 is 4.43 Å². The van der Waals surface area contributed by atoms with Gasteiger partial charge in [0.05, 0.1) is 0 Å². The molecule has 0 spiro atoms. The average Bonchev–Trinajstić information content (AvgIpc) is 1.85. The minimum atomic E-state index is -1.51. The molecule has 4 heteroatoms. The van der Waals surface area contributed by atoms with E-state index in [1.165, 1.54) is 0 Å². The highest BCUT2D eigenvalue weighted by molar-refractivity contribution is 7.96. The molecule has 0 saturated carbocycles. The molecule has 0 unspecified atom stereocenters. The molecule has 0 aromatic rings. The molecule has 0 N–H and O–H groups in total. The van der Waals surface area contributed by atoms with Gasteiger partial charge in [-0.2, -0.15) is 0 Å². The Labute approximate surface area is 68.5 Å². The van der Waals surface area contributed by atoms with Crippen molar-refractivity contribution in [3.05, 3.63) is 0 Å². The van der Waals surface area contributed by atoms with E-state index in [-0.39, 0.29) is 5.12 Å². The Morgan fingerprint density at radius 1 is 1.60 bits per heavy atom. The monoisotopic (exact) mass is 178 g/mol. The lowest BCUT2D eigenvalue weighted by molar-refractivity contribution is -0.110. The molecule has 0 aliphatic rings. The first-order chi connectivity index (χ1) is 4.48. The lowest BCUT2D eigenvalue weighted by Gasteiger charge is -2.18. The van der Waals surface area contributed by atoms with Crippen LogP contribution >= 0.6 is 12.6 Å². The first-order valence-electron chi connectivity index (χ1n) is 3.25. The second-order valence-corrected chi connectivity index (χ2v) is 7.78. The van der Waals surface area contributed by atoms with E-state index in [1.807, 2.05) is 0 Å². The second-order valence-electron chi connectivity index (χ2n) is 2.86. The number of thiol groups is 1. The second kappa shape index (κ2) is 4.15. The highest BCUT2D eigenvalue weighted by atomic mass is 32.1. The molecule has 2 nitrogen and oxygen atoms in total. The summed E-state index contributed by atoms with van der Waals surface area (Å²) in [5.41, 5.74) is 0. The van der Waals surface area contributed by atoms with E-state index in [0.29, 0.717) is 6.42 Å². The molecule has 0 aliphatic heterocycles. The fourth-order valence-corrected chi connectivity index (χ4v) is 1.87. The van der Waals surface area contributed by atoms with Gasteiger partial charge in [-0.25, -0.2) is 0 Å². The van der Waals surface area contributed by atoms with Gasteiger partial charge in [-0.1, -0.05) is 0 Å². The summed E-state index contributed by atoms with van der Waals surface area (Å²) < 4.78 is 5.24. The van der Waals surface area contributed by atoms with Crippen LogP contribution in [-0.2, 0) is 9.22 Å². The third kappa shape index (κ3) is 5.02. The van der Waals surface area contributed by atoms with Crippen LogP contribution < -0.4 is 0 Å². The van der Waals surface area contributed by atoms with Crippen LogP contribution in [0.5, 0.6) is 0 Å². The molecule has 0 bridgehead atoms. The third-order valence-corrected chi connectivity index (χ3v) is 4.28. The van der Waals surface area contributed by atoms with Crippen molar-refractivity contribution in [1.29, 1.82) is 0 Å². The Kier molecular flexibility index (Phi) is 4.24. The van der Waals surface area contributed by atoms with E-state index in [2.05, 4.69) is 25.7 Å². The van der Waals surface area contributed by atoms with E-state index in [9.17, 15) is 4.79 Å². The molecule has 0 saturated heterocycles. The van der Waals surface area contributed by atoms with Crippen LogP contribution in [0.2, 0.25) is 19.1 Å². The molecular weight excluding hydrogens is 164 g/mol. The molecule has 0 aliphatic carbocycles. The number of hydrogen-bond donors (Lipinski definition) is 1. The van der Waals surface area contributed by atoms with Crippen LogP contribution in [0.25, 0.3) is 0 Å². The van der Waals surface area contributed by atoms with Crippen molar-refractivity contribution in [3.63, 3.8) is 0 Å². The molecule has 0 radical (unpaired) electrons. The quantitative estimate of drug-likeness (QED) is 0.524. The van der Waals surface area contributed by atoms with Gasteiger partial charge in [0.1, 0.15) is 0 Å². The summed E-state index contributed by atoms with van der Waals surface area (Å²) in [7, 11) is 0.194. The predicted molar refractivity (Wildman–Crippen MR) is 47.9 cm³/mol. The van der Waals surface area contributed by atoms with Crippen LogP contribution in [0, 0.1) is 0 Å². The average molecular weight is 178 g/mol. The molecule has 0 rings (SSSR count). The molecule has 10 heavy (non-hydrogen) atoms. The smallest absolute Gasteiger partial charge is 0.186 e. The topological polar surface area (TPSA) is 26.3 Å². The maximum atomic E-state index is 10.4. The van der Waals surface area contributed by atoms with Crippen molar-refractivity contribution in [2.24, 2.45) is 0 Å². The first-order valence-corrected chi connectivity index (χ1v) is 6.81. The van der Waals surface area contributed by atoms with Crippen molar-refractivity contribution >= 4 is 26.1 Å². The highest BCUT2D eigenvalue weighted by Crippen LogP contribution is 2.12. The SMILES string of the molecule is CO[Si](C)(C)CCC(=O)S. The Balaban J connectivity index is 3.56. The molecule has 60 valence electrons. The Hall–Kier alpha value is 0.197. The summed E-state index contributed by atoms with van der Waals surface area (Å²) in [6, 6.07) is 0.867. The summed E-state index contributed by atoms with van der Waals surface area (Å²) in [5, 5.41) is -0.0439. The Bertz CT molecular complexity index is 125. The van der Waals surface area contributed by atoms with Crippen LogP contribution in [-0.4, -0.2) is 20.5 Å². The van der Waals surface area contributed by atoms with Crippen molar-refractivity contribution in [2.75, 3.05) is 7.11 Å². The van der Waals surface area contributed by atoms with Gasteiger partial charge in [-0.05, 0) is 19.1 Å². The molecule has 0 fully saturated rings. The van der Waals surface area contributed by atoms with Crippen molar-refractivity contribution < 1.29 is 9.22 Å². The molecule has 0 aromatic heterocycles. The van der Waals surface area contributed by atoms with Crippen LogP contribution in [0.4, 0.5) is 0 Å². The van der Waals surface area contributed by atoms with Crippen LogP contribution in [0.1, 0.15) is 6.42 Å². The van der Waals surface area contributed by atoms with Gasteiger partial charge in [0.25, 0.3) is 0 Å². The normalized spacial score (nSPS) is 11.6. The van der Waals surface area contributed by atoms with Crippen LogP contribution in [0.3, 0.4) is 0 Å². The maximum Gasteiger partial charge on any atom is 0.186 e. The van der Waals surface area contributed by atoms with Crippen molar-refractivity contribution in [1.82, 2.24) is 0 Å². The largest absolute Gasteiger partial charge is 0.420 e. The molecule has 0 amide bonds. The zero-order valence-corrected chi connectivity index (χ0v) is 8.57. The first kappa shape index (κ1) is 10.2. The van der Waals surface area contributed by atoms with E-state index < -0.39 is 8.32 Å². The summed E-state index contributed by atoms with van der Waals surface area (Å²) in [6.07, 6.45) is 0.538. The summed E-state index contributed by atoms with van der Waals surface area (Å²) in [5.74, 6) is 0. The number of carbonyl (C=O) groups is 1. The minimum absolute atomic E-state index is 0.0439. The predicted octanol–water partition coefficient (Wildman–Crippen LogP) is 1.68. The zero-order valence-electron chi connectivity index (χ0n) is 6.68. The lowest BCUT2D eigenvalue weighted by atomic mass is 10.5. The fraction of sp³-hybridized carbons (Fsp3) is 0.833. The number of rotatable bonds is 4. The van der Waals surface area contributed by atoms with Crippen molar-refractivity contribution in [3.8, 4) is 0 Å². The zero-order chi connectivity index (χ0) is 8.20. The van der Waals surface area contributed by atoms with E-state index in [0.717, 1.165) is 6.04 Å². The lowest BCUT2D eigenvalue weighted by Crippen LogP contribution is -2.28. The highest BCUT2D eigenvalue weighted by Gasteiger charge is 2.20.